The highest BCUT2D eigenvalue weighted by atomic mass is 35.5. The van der Waals surface area contributed by atoms with Crippen LogP contribution in [0.15, 0.2) is 35.4 Å². The van der Waals surface area contributed by atoms with Gasteiger partial charge in [-0.25, -0.2) is 12.8 Å². The lowest BCUT2D eigenvalue weighted by Gasteiger charge is -2.16. The van der Waals surface area contributed by atoms with E-state index < -0.39 is 15.8 Å². The van der Waals surface area contributed by atoms with Crippen molar-refractivity contribution in [1.29, 1.82) is 0 Å². The Balaban J connectivity index is 1.96. The van der Waals surface area contributed by atoms with E-state index in [-0.39, 0.29) is 32.9 Å². The normalized spacial score (nSPS) is 11.7. The van der Waals surface area contributed by atoms with Crippen molar-refractivity contribution in [1.82, 2.24) is 9.78 Å². The SMILES string of the molecule is Cc1cc(C)c(C)c(S(=O)(=O)Nc2nn(Cc3c(F)cccc3Cl)cc2Cl)c1C. The molecule has 0 saturated carbocycles. The number of hydrogen-bond acceptors (Lipinski definition) is 3. The van der Waals surface area contributed by atoms with E-state index in [4.69, 9.17) is 23.2 Å². The fourth-order valence-electron chi connectivity index (χ4n) is 3.15. The van der Waals surface area contributed by atoms with Crippen molar-refractivity contribution in [2.75, 3.05) is 4.72 Å². The number of sulfonamides is 1. The molecule has 0 bridgehead atoms. The second-order valence-electron chi connectivity index (χ2n) is 6.92. The van der Waals surface area contributed by atoms with Gasteiger partial charge < -0.3 is 0 Å². The zero-order valence-electron chi connectivity index (χ0n) is 16.3. The predicted molar refractivity (Wildman–Crippen MR) is 114 cm³/mol. The lowest BCUT2D eigenvalue weighted by molar-refractivity contribution is 0.585. The summed E-state index contributed by atoms with van der Waals surface area (Å²) in [6, 6.07) is 6.32. The first-order valence-corrected chi connectivity index (χ1v) is 11.0. The summed E-state index contributed by atoms with van der Waals surface area (Å²) in [5.74, 6) is -0.509. The van der Waals surface area contributed by atoms with E-state index in [1.807, 2.05) is 19.9 Å². The quantitative estimate of drug-likeness (QED) is 0.558. The Morgan fingerprint density at radius 1 is 1.07 bits per heavy atom. The van der Waals surface area contributed by atoms with Crippen molar-refractivity contribution in [2.24, 2.45) is 0 Å². The summed E-state index contributed by atoms with van der Waals surface area (Å²) in [7, 11) is -3.93. The molecule has 154 valence electrons. The summed E-state index contributed by atoms with van der Waals surface area (Å²) >= 11 is 12.2. The summed E-state index contributed by atoms with van der Waals surface area (Å²) in [6.07, 6.45) is 1.42. The standard InChI is InChI=1S/C20H20Cl2FN3O2S/c1-11-8-12(2)14(4)19(13(11)3)29(27,28)25-20-17(22)10-26(24-20)9-15-16(21)6-5-7-18(15)23/h5-8,10H,9H2,1-4H3,(H,24,25). The van der Waals surface area contributed by atoms with E-state index in [2.05, 4.69) is 9.82 Å². The first-order valence-electron chi connectivity index (χ1n) is 8.77. The minimum Gasteiger partial charge on any atom is -0.264 e. The van der Waals surface area contributed by atoms with Crippen LogP contribution in [0, 0.1) is 33.5 Å². The van der Waals surface area contributed by atoms with Crippen molar-refractivity contribution in [3.8, 4) is 0 Å². The van der Waals surface area contributed by atoms with Gasteiger partial charge in [-0.2, -0.15) is 5.10 Å². The van der Waals surface area contributed by atoms with E-state index >= 15 is 0 Å². The molecule has 29 heavy (non-hydrogen) atoms. The van der Waals surface area contributed by atoms with Gasteiger partial charge in [-0.15, -0.1) is 0 Å². The first-order chi connectivity index (χ1) is 13.5. The van der Waals surface area contributed by atoms with Crippen molar-refractivity contribution in [3.05, 3.63) is 74.1 Å². The zero-order chi connectivity index (χ0) is 21.5. The molecule has 0 aliphatic rings. The molecule has 0 spiro atoms. The molecule has 0 aliphatic heterocycles. The molecule has 0 radical (unpaired) electrons. The van der Waals surface area contributed by atoms with E-state index in [0.29, 0.717) is 11.1 Å². The molecule has 0 fully saturated rings. The second kappa shape index (κ2) is 7.97. The molecule has 0 unspecified atom stereocenters. The fraction of sp³-hybridized carbons (Fsp3) is 0.250. The molecule has 5 nitrogen and oxygen atoms in total. The highest BCUT2D eigenvalue weighted by Gasteiger charge is 2.24. The van der Waals surface area contributed by atoms with Crippen molar-refractivity contribution < 1.29 is 12.8 Å². The van der Waals surface area contributed by atoms with Crippen LogP contribution in [0.4, 0.5) is 10.2 Å². The first kappa shape index (κ1) is 21.6. The Hall–Kier alpha value is -2.09. The molecule has 9 heteroatoms. The van der Waals surface area contributed by atoms with Gasteiger partial charge in [-0.1, -0.05) is 35.3 Å². The van der Waals surface area contributed by atoms with E-state index in [1.54, 1.807) is 19.9 Å². The van der Waals surface area contributed by atoms with Gasteiger partial charge in [0.2, 0.25) is 0 Å². The Kier molecular flexibility index (Phi) is 5.94. The van der Waals surface area contributed by atoms with Gasteiger partial charge >= 0.3 is 0 Å². The average molecular weight is 456 g/mol. The third kappa shape index (κ3) is 4.27. The second-order valence-corrected chi connectivity index (χ2v) is 9.35. The maximum Gasteiger partial charge on any atom is 0.263 e. The highest BCUT2D eigenvalue weighted by molar-refractivity contribution is 7.92. The molecule has 0 amide bonds. The lowest BCUT2D eigenvalue weighted by atomic mass is 10.0. The topological polar surface area (TPSA) is 64.0 Å². The number of benzene rings is 2. The van der Waals surface area contributed by atoms with Crippen LogP contribution in [-0.4, -0.2) is 18.2 Å². The molecular weight excluding hydrogens is 436 g/mol. The van der Waals surface area contributed by atoms with Gasteiger partial charge in [0.25, 0.3) is 10.0 Å². The molecular formula is C20H20Cl2FN3O2S. The molecule has 1 aromatic heterocycles. The Labute approximate surface area is 179 Å². The smallest absolute Gasteiger partial charge is 0.263 e. The van der Waals surface area contributed by atoms with Gasteiger partial charge in [-0.05, 0) is 62.1 Å². The summed E-state index contributed by atoms with van der Waals surface area (Å²) in [5.41, 5.74) is 3.31. The van der Waals surface area contributed by atoms with Crippen LogP contribution < -0.4 is 4.72 Å². The summed E-state index contributed by atoms with van der Waals surface area (Å²) in [4.78, 5) is 0.206. The maximum absolute atomic E-state index is 14.0. The monoisotopic (exact) mass is 455 g/mol. The van der Waals surface area contributed by atoms with Crippen molar-refractivity contribution in [3.63, 3.8) is 0 Å². The summed E-state index contributed by atoms with van der Waals surface area (Å²) in [5, 5.41) is 4.52. The van der Waals surface area contributed by atoms with Crippen LogP contribution in [0.2, 0.25) is 10.0 Å². The number of halogens is 3. The van der Waals surface area contributed by atoms with Crippen molar-refractivity contribution >= 4 is 39.0 Å². The Morgan fingerprint density at radius 2 is 1.69 bits per heavy atom. The minimum atomic E-state index is -3.93. The number of anilines is 1. The number of nitrogens with one attached hydrogen (secondary N) is 1. The van der Waals surface area contributed by atoms with Crippen LogP contribution in [0.5, 0.6) is 0 Å². The largest absolute Gasteiger partial charge is 0.264 e. The van der Waals surface area contributed by atoms with Gasteiger partial charge in [0.1, 0.15) is 10.8 Å². The van der Waals surface area contributed by atoms with Gasteiger partial charge in [0.15, 0.2) is 5.82 Å². The number of rotatable bonds is 5. The van der Waals surface area contributed by atoms with Crippen LogP contribution in [-0.2, 0) is 16.6 Å². The number of nitrogens with zero attached hydrogens (tertiary/aromatic N) is 2. The van der Waals surface area contributed by atoms with Crippen LogP contribution in [0.3, 0.4) is 0 Å². The van der Waals surface area contributed by atoms with Crippen LogP contribution in [0.25, 0.3) is 0 Å². The third-order valence-electron chi connectivity index (χ3n) is 4.90. The highest BCUT2D eigenvalue weighted by Crippen LogP contribution is 2.30. The Bertz CT molecular complexity index is 1160. The van der Waals surface area contributed by atoms with Crippen LogP contribution >= 0.6 is 23.2 Å². The lowest BCUT2D eigenvalue weighted by Crippen LogP contribution is -2.18. The van der Waals surface area contributed by atoms with Crippen molar-refractivity contribution in [2.45, 2.75) is 39.1 Å². The molecule has 2 aromatic carbocycles. The van der Waals surface area contributed by atoms with E-state index in [1.165, 1.54) is 23.0 Å². The molecule has 0 aliphatic carbocycles. The number of aromatic nitrogens is 2. The molecule has 1 N–H and O–H groups in total. The summed E-state index contributed by atoms with van der Waals surface area (Å²) < 4.78 is 44.0. The van der Waals surface area contributed by atoms with E-state index in [9.17, 15) is 12.8 Å². The molecule has 0 saturated heterocycles. The fourth-order valence-corrected chi connectivity index (χ4v) is 5.27. The maximum atomic E-state index is 14.0. The number of hydrogen-bond donors (Lipinski definition) is 1. The molecule has 3 rings (SSSR count). The minimum absolute atomic E-state index is 0.00850. The van der Waals surface area contributed by atoms with E-state index in [0.717, 1.165) is 11.1 Å². The van der Waals surface area contributed by atoms with Crippen LogP contribution in [0.1, 0.15) is 27.8 Å². The molecule has 1 heterocycles. The number of aryl methyl sites for hydroxylation is 2. The van der Waals surface area contributed by atoms with Gasteiger partial charge in [-0.3, -0.25) is 9.40 Å². The predicted octanol–water partition coefficient (Wildman–Crippen LogP) is 5.41. The average Bonchev–Trinajstić information content (AvgIpc) is 2.95. The van der Waals surface area contributed by atoms with Gasteiger partial charge in [0.05, 0.1) is 11.4 Å². The Morgan fingerprint density at radius 3 is 2.28 bits per heavy atom. The van der Waals surface area contributed by atoms with Gasteiger partial charge in [0, 0.05) is 16.8 Å². The zero-order valence-corrected chi connectivity index (χ0v) is 18.7. The molecule has 3 aromatic rings. The molecule has 0 atom stereocenters. The summed E-state index contributed by atoms with van der Waals surface area (Å²) in [6.45, 7) is 7.25. The third-order valence-corrected chi connectivity index (χ3v) is 7.14.